The zero-order valence-corrected chi connectivity index (χ0v) is 10.6. The lowest BCUT2D eigenvalue weighted by Crippen LogP contribution is -2.08. The summed E-state index contributed by atoms with van der Waals surface area (Å²) in [6.45, 7) is 2.05. The average molecular weight is 254 g/mol. The molecule has 0 aliphatic carbocycles. The Morgan fingerprint density at radius 2 is 2.32 bits per heavy atom. The molecular formula is C14H14N4O. The largest absolute Gasteiger partial charge is 0.479 e. The summed E-state index contributed by atoms with van der Waals surface area (Å²) < 4.78 is 5.25. The van der Waals surface area contributed by atoms with Gasteiger partial charge in [-0.05, 0) is 19.1 Å². The number of hydrogen-bond donors (Lipinski definition) is 1. The standard InChI is InChI=1S/C14H14N4O/c1-11(14-10-16-6-7-17-14)18-12-3-2-4-13(9-12)19-8-5-15/h2-4,6-7,9-11,18H,8H2,1H3. The SMILES string of the molecule is CC(Nc1cccc(OCC#N)c1)c1cnccn1. The Morgan fingerprint density at radius 3 is 3.05 bits per heavy atom. The fraction of sp³-hybridized carbons (Fsp3) is 0.214. The maximum atomic E-state index is 8.49. The van der Waals surface area contributed by atoms with E-state index in [1.165, 1.54) is 0 Å². The minimum absolute atomic E-state index is 0.0416. The van der Waals surface area contributed by atoms with E-state index in [4.69, 9.17) is 10.00 Å². The Kier molecular flexibility index (Phi) is 4.29. The van der Waals surface area contributed by atoms with Crippen molar-refractivity contribution in [1.82, 2.24) is 9.97 Å². The van der Waals surface area contributed by atoms with Crippen LogP contribution in [-0.4, -0.2) is 16.6 Å². The lowest BCUT2D eigenvalue weighted by atomic mass is 10.2. The second-order valence-electron chi connectivity index (χ2n) is 3.97. The minimum Gasteiger partial charge on any atom is -0.479 e. The van der Waals surface area contributed by atoms with Crippen molar-refractivity contribution < 1.29 is 4.74 Å². The Hall–Kier alpha value is -2.61. The molecule has 0 amide bonds. The van der Waals surface area contributed by atoms with Crippen LogP contribution < -0.4 is 10.1 Å². The van der Waals surface area contributed by atoms with Crippen molar-refractivity contribution in [3.8, 4) is 11.8 Å². The van der Waals surface area contributed by atoms with Gasteiger partial charge in [0.05, 0.1) is 17.9 Å². The van der Waals surface area contributed by atoms with Gasteiger partial charge in [-0.1, -0.05) is 6.07 Å². The monoisotopic (exact) mass is 254 g/mol. The number of rotatable bonds is 5. The van der Waals surface area contributed by atoms with E-state index in [1.54, 1.807) is 18.6 Å². The van der Waals surface area contributed by atoms with Gasteiger partial charge in [-0.3, -0.25) is 9.97 Å². The number of nitrogens with zero attached hydrogens (tertiary/aromatic N) is 3. The van der Waals surface area contributed by atoms with E-state index in [0.717, 1.165) is 11.4 Å². The molecule has 1 atom stereocenters. The molecule has 1 aromatic carbocycles. The molecule has 1 unspecified atom stereocenters. The van der Waals surface area contributed by atoms with Gasteiger partial charge in [0, 0.05) is 24.1 Å². The predicted octanol–water partition coefficient (Wildman–Crippen LogP) is 2.55. The fourth-order valence-corrected chi connectivity index (χ4v) is 1.65. The average Bonchev–Trinajstić information content (AvgIpc) is 2.46. The van der Waals surface area contributed by atoms with Gasteiger partial charge in [0.1, 0.15) is 11.8 Å². The van der Waals surface area contributed by atoms with Crippen LogP contribution in [0.5, 0.6) is 5.75 Å². The van der Waals surface area contributed by atoms with E-state index in [1.807, 2.05) is 37.3 Å². The molecule has 19 heavy (non-hydrogen) atoms. The van der Waals surface area contributed by atoms with Crippen molar-refractivity contribution in [1.29, 1.82) is 5.26 Å². The van der Waals surface area contributed by atoms with Gasteiger partial charge in [0.2, 0.25) is 0 Å². The number of nitrogens with one attached hydrogen (secondary N) is 1. The van der Waals surface area contributed by atoms with Crippen molar-refractivity contribution in [3.05, 3.63) is 48.5 Å². The van der Waals surface area contributed by atoms with Gasteiger partial charge in [-0.25, -0.2) is 0 Å². The third-order valence-electron chi connectivity index (χ3n) is 2.55. The summed E-state index contributed by atoms with van der Waals surface area (Å²) in [5.74, 6) is 0.665. The van der Waals surface area contributed by atoms with Crippen LogP contribution in [0.4, 0.5) is 5.69 Å². The summed E-state index contributed by atoms with van der Waals surface area (Å²) in [6, 6.07) is 9.46. The molecule has 0 fully saturated rings. The maximum absolute atomic E-state index is 8.49. The summed E-state index contributed by atoms with van der Waals surface area (Å²) in [5, 5.41) is 11.8. The van der Waals surface area contributed by atoms with Gasteiger partial charge in [-0.2, -0.15) is 5.26 Å². The van der Waals surface area contributed by atoms with Crippen molar-refractivity contribution in [2.45, 2.75) is 13.0 Å². The Balaban J connectivity index is 2.05. The van der Waals surface area contributed by atoms with Crippen LogP contribution in [0.2, 0.25) is 0 Å². The summed E-state index contributed by atoms with van der Waals surface area (Å²) in [7, 11) is 0. The molecule has 0 bridgehead atoms. The first-order valence-electron chi connectivity index (χ1n) is 5.92. The molecule has 0 aliphatic rings. The summed E-state index contributed by atoms with van der Waals surface area (Å²) in [5.41, 5.74) is 1.78. The Labute approximate surface area is 111 Å². The third kappa shape index (κ3) is 3.68. The number of ether oxygens (including phenoxy) is 1. The molecule has 2 aromatic rings. The predicted molar refractivity (Wildman–Crippen MR) is 71.6 cm³/mol. The number of aromatic nitrogens is 2. The highest BCUT2D eigenvalue weighted by molar-refractivity contribution is 5.49. The first kappa shape index (κ1) is 12.8. The summed E-state index contributed by atoms with van der Waals surface area (Å²) in [4.78, 5) is 8.29. The smallest absolute Gasteiger partial charge is 0.174 e. The molecule has 0 aliphatic heterocycles. The van der Waals surface area contributed by atoms with Crippen molar-refractivity contribution >= 4 is 5.69 Å². The quantitative estimate of drug-likeness (QED) is 0.887. The van der Waals surface area contributed by atoms with Gasteiger partial charge in [0.25, 0.3) is 0 Å². The van der Waals surface area contributed by atoms with Gasteiger partial charge < -0.3 is 10.1 Å². The first-order valence-corrected chi connectivity index (χ1v) is 5.92. The van der Waals surface area contributed by atoms with E-state index in [0.29, 0.717) is 5.75 Å². The number of benzene rings is 1. The molecule has 1 aromatic heterocycles. The topological polar surface area (TPSA) is 70.8 Å². The van der Waals surface area contributed by atoms with Gasteiger partial charge in [-0.15, -0.1) is 0 Å². The molecule has 96 valence electrons. The Bertz CT molecular complexity index is 565. The molecule has 5 nitrogen and oxygen atoms in total. The van der Waals surface area contributed by atoms with Crippen LogP contribution in [0.1, 0.15) is 18.7 Å². The lowest BCUT2D eigenvalue weighted by Gasteiger charge is -2.14. The van der Waals surface area contributed by atoms with Crippen LogP contribution in [-0.2, 0) is 0 Å². The molecule has 2 rings (SSSR count). The molecule has 0 saturated carbocycles. The van der Waals surface area contributed by atoms with Crippen LogP contribution >= 0.6 is 0 Å². The fourth-order valence-electron chi connectivity index (χ4n) is 1.65. The van der Waals surface area contributed by atoms with Crippen molar-refractivity contribution in [3.63, 3.8) is 0 Å². The molecule has 1 heterocycles. The molecule has 0 spiro atoms. The minimum atomic E-state index is 0.0416. The second kappa shape index (κ2) is 6.36. The maximum Gasteiger partial charge on any atom is 0.174 e. The van der Waals surface area contributed by atoms with Crippen LogP contribution in [0, 0.1) is 11.3 Å². The van der Waals surface area contributed by atoms with Gasteiger partial charge in [0.15, 0.2) is 6.61 Å². The number of hydrogen-bond acceptors (Lipinski definition) is 5. The second-order valence-corrected chi connectivity index (χ2v) is 3.97. The zero-order chi connectivity index (χ0) is 13.5. The highest BCUT2D eigenvalue weighted by Crippen LogP contribution is 2.21. The molecule has 0 saturated heterocycles. The number of nitriles is 1. The lowest BCUT2D eigenvalue weighted by molar-refractivity contribution is 0.368. The highest BCUT2D eigenvalue weighted by Gasteiger charge is 2.06. The van der Waals surface area contributed by atoms with E-state index < -0.39 is 0 Å². The third-order valence-corrected chi connectivity index (χ3v) is 2.55. The summed E-state index contributed by atoms with van der Waals surface area (Å²) in [6.07, 6.45) is 5.04. The molecule has 1 N–H and O–H groups in total. The normalized spacial score (nSPS) is 11.4. The highest BCUT2D eigenvalue weighted by atomic mass is 16.5. The van der Waals surface area contributed by atoms with Crippen LogP contribution in [0.3, 0.4) is 0 Å². The van der Waals surface area contributed by atoms with Gasteiger partial charge >= 0.3 is 0 Å². The van der Waals surface area contributed by atoms with E-state index in [9.17, 15) is 0 Å². The summed E-state index contributed by atoms with van der Waals surface area (Å²) >= 11 is 0. The van der Waals surface area contributed by atoms with E-state index in [2.05, 4.69) is 15.3 Å². The van der Waals surface area contributed by atoms with Crippen molar-refractivity contribution in [2.75, 3.05) is 11.9 Å². The Morgan fingerprint density at radius 1 is 1.42 bits per heavy atom. The van der Waals surface area contributed by atoms with Crippen molar-refractivity contribution in [2.24, 2.45) is 0 Å². The zero-order valence-electron chi connectivity index (χ0n) is 10.6. The molecule has 5 heteroatoms. The van der Waals surface area contributed by atoms with E-state index >= 15 is 0 Å². The molecular weight excluding hydrogens is 240 g/mol. The van der Waals surface area contributed by atoms with Crippen LogP contribution in [0.15, 0.2) is 42.9 Å². The molecule has 0 radical (unpaired) electrons. The van der Waals surface area contributed by atoms with E-state index in [-0.39, 0.29) is 12.6 Å². The van der Waals surface area contributed by atoms with Crippen LogP contribution in [0.25, 0.3) is 0 Å². The first-order chi connectivity index (χ1) is 9.29. The number of anilines is 1.